The third-order valence-electron chi connectivity index (χ3n) is 2.77. The maximum Gasteiger partial charge on any atom is 0.239 e. The van der Waals surface area contributed by atoms with E-state index in [1.54, 1.807) is 19.2 Å². The Morgan fingerprint density at radius 3 is 2.72 bits per heavy atom. The number of amides is 1. The highest BCUT2D eigenvalue weighted by molar-refractivity contribution is 5.81. The van der Waals surface area contributed by atoms with E-state index in [0.717, 1.165) is 0 Å². The van der Waals surface area contributed by atoms with Gasteiger partial charge in [-0.2, -0.15) is 0 Å². The summed E-state index contributed by atoms with van der Waals surface area (Å²) in [6.45, 7) is 2.18. The minimum atomic E-state index is -0.502. The predicted molar refractivity (Wildman–Crippen MR) is 67.7 cm³/mol. The lowest BCUT2D eigenvalue weighted by molar-refractivity contribution is -0.131. The number of carbonyl (C=O) groups is 1. The number of rotatable bonds is 5. The maximum atomic E-state index is 13.5. The smallest absolute Gasteiger partial charge is 0.239 e. The van der Waals surface area contributed by atoms with E-state index in [1.807, 2.05) is 6.92 Å². The Bertz CT molecular complexity index is 423. The van der Waals surface area contributed by atoms with Crippen molar-refractivity contribution in [3.8, 4) is 5.75 Å². The van der Waals surface area contributed by atoms with E-state index in [1.165, 1.54) is 18.1 Å². The molecular weight excluding hydrogens is 235 g/mol. The average molecular weight is 254 g/mol. The summed E-state index contributed by atoms with van der Waals surface area (Å²) in [7, 11) is 3.06. The summed E-state index contributed by atoms with van der Waals surface area (Å²) in [5.74, 6) is -0.387. The van der Waals surface area contributed by atoms with Gasteiger partial charge in [0.05, 0.1) is 13.2 Å². The Hall–Kier alpha value is -1.62. The molecule has 1 aromatic rings. The largest absolute Gasteiger partial charge is 0.494 e. The van der Waals surface area contributed by atoms with Gasteiger partial charge in [-0.1, -0.05) is 13.0 Å². The molecule has 0 aliphatic heterocycles. The van der Waals surface area contributed by atoms with Crippen molar-refractivity contribution in [1.82, 2.24) is 4.90 Å². The van der Waals surface area contributed by atoms with Gasteiger partial charge < -0.3 is 15.4 Å². The molecule has 2 N–H and O–H groups in total. The van der Waals surface area contributed by atoms with Gasteiger partial charge in [-0.05, 0) is 24.1 Å². The van der Waals surface area contributed by atoms with Gasteiger partial charge in [0.15, 0.2) is 11.6 Å². The molecule has 0 bridgehead atoms. The van der Waals surface area contributed by atoms with E-state index in [-0.39, 0.29) is 11.7 Å². The van der Waals surface area contributed by atoms with E-state index in [2.05, 4.69) is 0 Å². The first-order chi connectivity index (χ1) is 8.49. The molecule has 0 heterocycles. The van der Waals surface area contributed by atoms with E-state index >= 15 is 0 Å². The fourth-order valence-corrected chi connectivity index (χ4v) is 1.62. The van der Waals surface area contributed by atoms with Crippen LogP contribution in [-0.2, 0) is 11.3 Å². The number of methoxy groups -OCH3 is 1. The summed E-state index contributed by atoms with van der Waals surface area (Å²) < 4.78 is 18.3. The number of benzene rings is 1. The predicted octanol–water partition coefficient (Wildman–Crippen LogP) is 1.53. The number of nitrogens with zero attached hydrogens (tertiary/aromatic N) is 1. The summed E-state index contributed by atoms with van der Waals surface area (Å²) in [4.78, 5) is 13.3. The zero-order valence-electron chi connectivity index (χ0n) is 10.9. The second-order valence-corrected chi connectivity index (χ2v) is 4.18. The molecule has 0 aliphatic carbocycles. The Kier molecular flexibility index (Phi) is 5.09. The molecule has 0 radical (unpaired) electrons. The SMILES string of the molecule is CCC(N)C(=O)N(C)Cc1ccc(OC)c(F)c1. The molecule has 1 atom stereocenters. The first kappa shape index (κ1) is 14.4. The average Bonchev–Trinajstić information content (AvgIpc) is 2.37. The molecule has 4 nitrogen and oxygen atoms in total. The molecule has 1 aromatic carbocycles. The summed E-state index contributed by atoms with van der Waals surface area (Å²) >= 11 is 0. The number of likely N-dealkylation sites (N-methyl/N-ethyl adjacent to an activating group) is 1. The summed E-state index contributed by atoms with van der Waals surface area (Å²) in [5.41, 5.74) is 6.36. The fraction of sp³-hybridized carbons (Fsp3) is 0.462. The molecule has 5 heteroatoms. The zero-order valence-corrected chi connectivity index (χ0v) is 10.9. The number of ether oxygens (including phenoxy) is 1. The van der Waals surface area contributed by atoms with E-state index < -0.39 is 11.9 Å². The van der Waals surface area contributed by atoms with Crippen LogP contribution in [0.1, 0.15) is 18.9 Å². The molecule has 1 rings (SSSR count). The van der Waals surface area contributed by atoms with Crippen molar-refractivity contribution in [2.24, 2.45) is 5.73 Å². The van der Waals surface area contributed by atoms with E-state index in [4.69, 9.17) is 10.5 Å². The molecule has 0 spiro atoms. The minimum Gasteiger partial charge on any atom is -0.494 e. The lowest BCUT2D eigenvalue weighted by Crippen LogP contribution is -2.40. The molecule has 0 aliphatic rings. The quantitative estimate of drug-likeness (QED) is 0.867. The highest BCUT2D eigenvalue weighted by Gasteiger charge is 2.16. The summed E-state index contributed by atoms with van der Waals surface area (Å²) in [5, 5.41) is 0. The standard InChI is InChI=1S/C13H19FN2O2/c1-4-11(15)13(17)16(2)8-9-5-6-12(18-3)10(14)7-9/h5-7,11H,4,8,15H2,1-3H3. The second-order valence-electron chi connectivity index (χ2n) is 4.18. The van der Waals surface area contributed by atoms with Gasteiger partial charge in [-0.25, -0.2) is 4.39 Å². The van der Waals surface area contributed by atoms with Crippen molar-refractivity contribution in [1.29, 1.82) is 0 Å². The monoisotopic (exact) mass is 254 g/mol. The number of hydrogen-bond acceptors (Lipinski definition) is 3. The van der Waals surface area contributed by atoms with Gasteiger partial charge in [0.25, 0.3) is 0 Å². The van der Waals surface area contributed by atoms with Crippen LogP contribution in [0.4, 0.5) is 4.39 Å². The van der Waals surface area contributed by atoms with Crippen LogP contribution in [0.25, 0.3) is 0 Å². The van der Waals surface area contributed by atoms with Crippen LogP contribution in [0.5, 0.6) is 5.75 Å². The number of hydrogen-bond donors (Lipinski definition) is 1. The summed E-state index contributed by atoms with van der Waals surface area (Å²) in [6.07, 6.45) is 0.583. The Balaban J connectivity index is 2.73. The van der Waals surface area contributed by atoms with E-state index in [0.29, 0.717) is 18.5 Å². The molecule has 100 valence electrons. The number of nitrogens with two attached hydrogens (primary N) is 1. The normalized spacial score (nSPS) is 12.1. The number of carbonyl (C=O) groups excluding carboxylic acids is 1. The van der Waals surface area contributed by atoms with Crippen LogP contribution in [0.2, 0.25) is 0 Å². The molecule has 1 amide bonds. The van der Waals surface area contributed by atoms with Crippen LogP contribution in [0.3, 0.4) is 0 Å². The summed E-state index contributed by atoms with van der Waals surface area (Å²) in [6, 6.07) is 4.13. The second kappa shape index (κ2) is 6.35. The van der Waals surface area contributed by atoms with Gasteiger partial charge in [0.2, 0.25) is 5.91 Å². The molecule has 1 unspecified atom stereocenters. The molecular formula is C13H19FN2O2. The van der Waals surface area contributed by atoms with Crippen molar-refractivity contribution >= 4 is 5.91 Å². The lowest BCUT2D eigenvalue weighted by atomic mass is 10.1. The third kappa shape index (κ3) is 3.43. The van der Waals surface area contributed by atoms with Crippen LogP contribution in [0.15, 0.2) is 18.2 Å². The number of halogens is 1. The van der Waals surface area contributed by atoms with Crippen LogP contribution in [0, 0.1) is 5.82 Å². The lowest BCUT2D eigenvalue weighted by Gasteiger charge is -2.20. The van der Waals surface area contributed by atoms with Gasteiger partial charge in [-0.15, -0.1) is 0 Å². The molecule has 0 aromatic heterocycles. The highest BCUT2D eigenvalue weighted by Crippen LogP contribution is 2.18. The van der Waals surface area contributed by atoms with Gasteiger partial charge >= 0.3 is 0 Å². The van der Waals surface area contributed by atoms with Gasteiger partial charge in [0, 0.05) is 13.6 Å². The fourth-order valence-electron chi connectivity index (χ4n) is 1.62. The van der Waals surface area contributed by atoms with Crippen LogP contribution < -0.4 is 10.5 Å². The van der Waals surface area contributed by atoms with Crippen molar-refractivity contribution in [3.63, 3.8) is 0 Å². The maximum absolute atomic E-state index is 13.5. The highest BCUT2D eigenvalue weighted by atomic mass is 19.1. The molecule has 18 heavy (non-hydrogen) atoms. The first-order valence-electron chi connectivity index (χ1n) is 5.82. The van der Waals surface area contributed by atoms with E-state index in [9.17, 15) is 9.18 Å². The molecule has 0 saturated heterocycles. The Labute approximate surface area is 107 Å². The Morgan fingerprint density at radius 2 is 2.22 bits per heavy atom. The van der Waals surface area contributed by atoms with Crippen molar-refractivity contribution < 1.29 is 13.9 Å². The third-order valence-corrected chi connectivity index (χ3v) is 2.77. The van der Waals surface area contributed by atoms with Crippen LogP contribution in [-0.4, -0.2) is 31.0 Å². The van der Waals surface area contributed by atoms with Crippen molar-refractivity contribution in [2.75, 3.05) is 14.2 Å². The van der Waals surface area contributed by atoms with Gasteiger partial charge in [0.1, 0.15) is 0 Å². The molecule has 0 fully saturated rings. The van der Waals surface area contributed by atoms with Crippen molar-refractivity contribution in [3.05, 3.63) is 29.6 Å². The van der Waals surface area contributed by atoms with Gasteiger partial charge in [-0.3, -0.25) is 4.79 Å². The molecule has 0 saturated carbocycles. The zero-order chi connectivity index (χ0) is 13.7. The topological polar surface area (TPSA) is 55.6 Å². The minimum absolute atomic E-state index is 0.145. The van der Waals surface area contributed by atoms with Crippen molar-refractivity contribution in [2.45, 2.75) is 25.9 Å². The Morgan fingerprint density at radius 1 is 1.56 bits per heavy atom. The first-order valence-corrected chi connectivity index (χ1v) is 5.82. The van der Waals surface area contributed by atoms with Crippen LogP contribution >= 0.6 is 0 Å².